The number of carbonyl (C=O) groups excluding carboxylic acids is 1. The third kappa shape index (κ3) is 3.42. The average molecular weight is 278 g/mol. The summed E-state index contributed by atoms with van der Waals surface area (Å²) in [5.74, 6) is 0.957. The van der Waals surface area contributed by atoms with Crippen LogP contribution in [0.25, 0.3) is 0 Å². The lowest BCUT2D eigenvalue weighted by atomic mass is 10.1. The molecule has 0 radical (unpaired) electrons. The minimum Gasteiger partial charge on any atom is -0.496 e. The van der Waals surface area contributed by atoms with Crippen molar-refractivity contribution in [3.05, 3.63) is 47.1 Å². The molecule has 0 aliphatic heterocycles. The third-order valence-electron chi connectivity index (χ3n) is 2.47. The van der Waals surface area contributed by atoms with Crippen LogP contribution in [0.2, 0.25) is 5.15 Å². The van der Waals surface area contributed by atoms with Crippen molar-refractivity contribution in [2.45, 2.75) is 0 Å². The molecule has 2 aromatic rings. The highest BCUT2D eigenvalue weighted by molar-refractivity contribution is 6.29. The summed E-state index contributed by atoms with van der Waals surface area (Å²) in [6.45, 7) is 0.108. The molecule has 0 aliphatic rings. The second kappa shape index (κ2) is 6.15. The van der Waals surface area contributed by atoms with Gasteiger partial charge < -0.3 is 10.1 Å². The van der Waals surface area contributed by atoms with Crippen LogP contribution in [0, 0.1) is 0 Å². The molecule has 98 valence electrons. The van der Waals surface area contributed by atoms with Gasteiger partial charge in [0.25, 0.3) is 0 Å². The molecule has 0 unspecified atom stereocenters. The van der Waals surface area contributed by atoms with E-state index in [0.717, 1.165) is 0 Å². The molecule has 0 bridgehead atoms. The maximum Gasteiger partial charge on any atom is 0.185 e. The SMILES string of the molecule is COc1ccccc1C(=O)CNc1ccc(Cl)nn1. The van der Waals surface area contributed by atoms with Crippen LogP contribution in [-0.2, 0) is 0 Å². The number of carbonyl (C=O) groups is 1. The molecule has 6 heteroatoms. The lowest BCUT2D eigenvalue weighted by Crippen LogP contribution is -2.15. The van der Waals surface area contributed by atoms with Gasteiger partial charge in [0, 0.05) is 0 Å². The predicted molar refractivity (Wildman–Crippen MR) is 72.9 cm³/mol. The average Bonchev–Trinajstić information content (AvgIpc) is 2.46. The molecule has 0 saturated carbocycles. The van der Waals surface area contributed by atoms with Crippen molar-refractivity contribution in [1.82, 2.24) is 10.2 Å². The Balaban J connectivity index is 2.03. The van der Waals surface area contributed by atoms with E-state index >= 15 is 0 Å². The van der Waals surface area contributed by atoms with Crippen LogP contribution in [-0.4, -0.2) is 29.6 Å². The number of nitrogens with zero attached hydrogens (tertiary/aromatic N) is 2. The van der Waals surface area contributed by atoms with Gasteiger partial charge >= 0.3 is 0 Å². The third-order valence-corrected chi connectivity index (χ3v) is 2.67. The van der Waals surface area contributed by atoms with E-state index in [1.807, 2.05) is 6.07 Å². The fourth-order valence-electron chi connectivity index (χ4n) is 1.55. The predicted octanol–water partition coefficient (Wildman–Crippen LogP) is 2.43. The lowest BCUT2D eigenvalue weighted by molar-refractivity contribution is 0.100. The van der Waals surface area contributed by atoms with Crippen molar-refractivity contribution in [2.24, 2.45) is 0 Å². The van der Waals surface area contributed by atoms with E-state index in [4.69, 9.17) is 16.3 Å². The van der Waals surface area contributed by atoms with Crippen molar-refractivity contribution < 1.29 is 9.53 Å². The zero-order valence-corrected chi connectivity index (χ0v) is 11.0. The van der Waals surface area contributed by atoms with E-state index in [0.29, 0.717) is 22.3 Å². The first-order valence-electron chi connectivity index (χ1n) is 5.60. The van der Waals surface area contributed by atoms with E-state index in [9.17, 15) is 4.79 Å². The zero-order valence-electron chi connectivity index (χ0n) is 10.3. The van der Waals surface area contributed by atoms with E-state index in [-0.39, 0.29) is 12.3 Å². The number of ketones is 1. The van der Waals surface area contributed by atoms with Crippen LogP contribution < -0.4 is 10.1 Å². The minimum absolute atomic E-state index is 0.0887. The highest BCUT2D eigenvalue weighted by Crippen LogP contribution is 2.17. The summed E-state index contributed by atoms with van der Waals surface area (Å²) < 4.78 is 5.14. The van der Waals surface area contributed by atoms with Gasteiger partial charge in [0.05, 0.1) is 19.2 Å². The van der Waals surface area contributed by atoms with Gasteiger partial charge in [-0.2, -0.15) is 0 Å². The molecule has 5 nitrogen and oxygen atoms in total. The Bertz CT molecular complexity index is 572. The van der Waals surface area contributed by atoms with Gasteiger partial charge in [-0.05, 0) is 24.3 Å². The fourth-order valence-corrected chi connectivity index (χ4v) is 1.65. The number of hydrogen-bond donors (Lipinski definition) is 1. The summed E-state index contributed by atoms with van der Waals surface area (Å²) in [7, 11) is 1.53. The van der Waals surface area contributed by atoms with E-state index in [1.165, 1.54) is 7.11 Å². The zero-order chi connectivity index (χ0) is 13.7. The Labute approximate surface area is 115 Å². The van der Waals surface area contributed by atoms with Crippen molar-refractivity contribution >= 4 is 23.2 Å². The number of nitrogens with one attached hydrogen (secondary N) is 1. The number of halogens is 1. The quantitative estimate of drug-likeness (QED) is 0.851. The van der Waals surface area contributed by atoms with Crippen LogP contribution in [0.15, 0.2) is 36.4 Å². The Morgan fingerprint density at radius 1 is 1.26 bits per heavy atom. The number of aromatic nitrogens is 2. The molecule has 0 spiro atoms. The molecule has 0 aliphatic carbocycles. The summed E-state index contributed by atoms with van der Waals surface area (Å²) in [5, 5.41) is 10.7. The number of benzene rings is 1. The van der Waals surface area contributed by atoms with Gasteiger partial charge in [-0.25, -0.2) is 0 Å². The molecule has 1 aromatic carbocycles. The van der Waals surface area contributed by atoms with E-state index in [2.05, 4.69) is 15.5 Å². The monoisotopic (exact) mass is 277 g/mol. The molecule has 0 fully saturated rings. The van der Waals surface area contributed by atoms with Gasteiger partial charge in [0.1, 0.15) is 11.6 Å². The summed E-state index contributed by atoms with van der Waals surface area (Å²) in [4.78, 5) is 12.0. The van der Waals surface area contributed by atoms with Crippen LogP contribution in [0.4, 0.5) is 5.82 Å². The second-order valence-electron chi connectivity index (χ2n) is 3.72. The number of rotatable bonds is 5. The van der Waals surface area contributed by atoms with Crippen LogP contribution >= 0.6 is 11.6 Å². The molecular formula is C13H12ClN3O2. The first kappa shape index (κ1) is 13.3. The summed E-state index contributed by atoms with van der Waals surface area (Å²) in [5.41, 5.74) is 0.527. The standard InChI is InChI=1S/C13H12ClN3O2/c1-19-11-5-3-2-4-9(11)10(18)8-15-13-7-6-12(14)16-17-13/h2-7H,8H2,1H3,(H,15,17). The molecule has 1 N–H and O–H groups in total. The number of methoxy groups -OCH3 is 1. The highest BCUT2D eigenvalue weighted by Gasteiger charge is 2.11. The number of hydrogen-bond acceptors (Lipinski definition) is 5. The molecule has 0 amide bonds. The van der Waals surface area contributed by atoms with Gasteiger partial charge in [0.2, 0.25) is 0 Å². The maximum atomic E-state index is 12.0. The molecule has 1 heterocycles. The number of para-hydroxylation sites is 1. The second-order valence-corrected chi connectivity index (χ2v) is 4.11. The normalized spacial score (nSPS) is 10.0. The summed E-state index contributed by atoms with van der Waals surface area (Å²) >= 11 is 5.62. The fraction of sp³-hybridized carbons (Fsp3) is 0.154. The maximum absolute atomic E-state index is 12.0. The molecule has 0 atom stereocenters. The molecule has 0 saturated heterocycles. The summed E-state index contributed by atoms with van der Waals surface area (Å²) in [6.07, 6.45) is 0. The Morgan fingerprint density at radius 3 is 2.74 bits per heavy atom. The Kier molecular flexibility index (Phi) is 4.30. The summed E-state index contributed by atoms with van der Waals surface area (Å²) in [6, 6.07) is 10.3. The largest absolute Gasteiger partial charge is 0.496 e. The van der Waals surface area contributed by atoms with Crippen molar-refractivity contribution in [1.29, 1.82) is 0 Å². The minimum atomic E-state index is -0.0887. The molecule has 1 aromatic heterocycles. The van der Waals surface area contributed by atoms with Crippen molar-refractivity contribution in [3.8, 4) is 5.75 Å². The first-order chi connectivity index (χ1) is 9.20. The number of anilines is 1. The van der Waals surface area contributed by atoms with Crippen LogP contribution in [0.3, 0.4) is 0 Å². The lowest BCUT2D eigenvalue weighted by Gasteiger charge is -2.08. The Hall–Kier alpha value is -2.14. The number of Topliss-reactive ketones (excluding diaryl/α,β-unsaturated/α-hetero) is 1. The van der Waals surface area contributed by atoms with Gasteiger partial charge in [-0.3, -0.25) is 4.79 Å². The van der Waals surface area contributed by atoms with Crippen LogP contribution in [0.5, 0.6) is 5.75 Å². The molecular weight excluding hydrogens is 266 g/mol. The van der Waals surface area contributed by atoms with E-state index < -0.39 is 0 Å². The number of ether oxygens (including phenoxy) is 1. The van der Waals surface area contributed by atoms with Gasteiger partial charge in [-0.1, -0.05) is 23.7 Å². The van der Waals surface area contributed by atoms with Crippen LogP contribution in [0.1, 0.15) is 10.4 Å². The molecule has 2 rings (SSSR count). The first-order valence-corrected chi connectivity index (χ1v) is 5.98. The highest BCUT2D eigenvalue weighted by atomic mass is 35.5. The Morgan fingerprint density at radius 2 is 2.05 bits per heavy atom. The van der Waals surface area contributed by atoms with Crippen molar-refractivity contribution in [2.75, 3.05) is 19.0 Å². The van der Waals surface area contributed by atoms with E-state index in [1.54, 1.807) is 30.3 Å². The van der Waals surface area contributed by atoms with Crippen molar-refractivity contribution in [3.63, 3.8) is 0 Å². The smallest absolute Gasteiger partial charge is 0.185 e. The van der Waals surface area contributed by atoms with Gasteiger partial charge in [0.15, 0.2) is 10.9 Å². The van der Waals surface area contributed by atoms with Gasteiger partial charge in [-0.15, -0.1) is 10.2 Å². The topological polar surface area (TPSA) is 64.1 Å². The molecule has 19 heavy (non-hydrogen) atoms.